The third-order valence-corrected chi connectivity index (χ3v) is 3.18. The molecule has 0 bridgehead atoms. The summed E-state index contributed by atoms with van der Waals surface area (Å²) < 4.78 is 5.42. The Morgan fingerprint density at radius 1 is 1.23 bits per heavy atom. The number of carbonyl (C=O) groups excluding carboxylic acids is 1. The van der Waals surface area contributed by atoms with Crippen molar-refractivity contribution in [1.82, 2.24) is 10.3 Å². The number of anilines is 1. The number of amides is 2. The SMILES string of the molecule is Cc1nc2cc(NC(=O)NC(C)(C)CC(C)(C)C)ccc2o1. The Hall–Kier alpha value is -2.04. The smallest absolute Gasteiger partial charge is 0.319 e. The zero-order chi connectivity index (χ0) is 16.5. The summed E-state index contributed by atoms with van der Waals surface area (Å²) in [4.78, 5) is 16.5. The van der Waals surface area contributed by atoms with Crippen LogP contribution >= 0.6 is 0 Å². The average molecular weight is 303 g/mol. The highest BCUT2D eigenvalue weighted by molar-refractivity contribution is 5.92. The van der Waals surface area contributed by atoms with Gasteiger partial charge in [0.1, 0.15) is 5.52 Å². The van der Waals surface area contributed by atoms with Gasteiger partial charge in [-0.1, -0.05) is 20.8 Å². The molecule has 0 aliphatic rings. The molecule has 120 valence electrons. The van der Waals surface area contributed by atoms with Crippen molar-refractivity contribution in [2.75, 3.05) is 5.32 Å². The van der Waals surface area contributed by atoms with Crippen LogP contribution in [0.1, 0.15) is 46.9 Å². The molecule has 22 heavy (non-hydrogen) atoms. The Kier molecular flexibility index (Phi) is 4.18. The van der Waals surface area contributed by atoms with Crippen LogP contribution in [0.3, 0.4) is 0 Å². The molecule has 0 saturated heterocycles. The number of urea groups is 1. The van der Waals surface area contributed by atoms with Crippen LogP contribution in [0.15, 0.2) is 22.6 Å². The van der Waals surface area contributed by atoms with Gasteiger partial charge in [-0.05, 0) is 43.9 Å². The molecule has 5 nitrogen and oxygen atoms in total. The normalized spacial score (nSPS) is 12.5. The van der Waals surface area contributed by atoms with Crippen LogP contribution in [0, 0.1) is 12.3 Å². The van der Waals surface area contributed by atoms with Gasteiger partial charge in [0.2, 0.25) is 0 Å². The summed E-state index contributed by atoms with van der Waals surface area (Å²) in [6.07, 6.45) is 0.884. The number of aryl methyl sites for hydroxylation is 1. The summed E-state index contributed by atoms with van der Waals surface area (Å²) >= 11 is 0. The first-order valence-electron chi connectivity index (χ1n) is 7.50. The molecule has 5 heteroatoms. The van der Waals surface area contributed by atoms with Crippen LogP contribution in [0.5, 0.6) is 0 Å². The first-order valence-corrected chi connectivity index (χ1v) is 7.50. The summed E-state index contributed by atoms with van der Waals surface area (Å²) in [5.41, 5.74) is 2.02. The van der Waals surface area contributed by atoms with E-state index in [0.29, 0.717) is 11.6 Å². The van der Waals surface area contributed by atoms with Gasteiger partial charge in [-0.2, -0.15) is 0 Å². The molecule has 0 spiro atoms. The van der Waals surface area contributed by atoms with Crippen molar-refractivity contribution in [1.29, 1.82) is 0 Å². The van der Waals surface area contributed by atoms with E-state index in [4.69, 9.17) is 4.42 Å². The Bertz CT molecular complexity index is 681. The lowest BCUT2D eigenvalue weighted by molar-refractivity contribution is 0.220. The summed E-state index contributed by atoms with van der Waals surface area (Å²) in [5.74, 6) is 0.614. The topological polar surface area (TPSA) is 67.2 Å². The highest BCUT2D eigenvalue weighted by atomic mass is 16.3. The minimum atomic E-state index is -0.281. The van der Waals surface area contributed by atoms with Gasteiger partial charge in [0.05, 0.1) is 0 Å². The highest BCUT2D eigenvalue weighted by Gasteiger charge is 2.27. The minimum absolute atomic E-state index is 0.147. The number of benzene rings is 1. The standard InChI is InChI=1S/C17H25N3O2/c1-11-18-13-9-12(7-8-14(13)22-11)19-15(21)20-17(5,6)10-16(2,3)4/h7-9H,10H2,1-6H3,(H2,19,20,21). The second-order valence-corrected chi connectivity index (χ2v) is 7.62. The number of nitrogens with one attached hydrogen (secondary N) is 2. The fourth-order valence-electron chi connectivity index (χ4n) is 2.96. The zero-order valence-electron chi connectivity index (χ0n) is 14.2. The van der Waals surface area contributed by atoms with Crippen LogP contribution < -0.4 is 10.6 Å². The number of hydrogen-bond acceptors (Lipinski definition) is 3. The van der Waals surface area contributed by atoms with Gasteiger partial charge in [0.25, 0.3) is 0 Å². The van der Waals surface area contributed by atoms with Gasteiger partial charge in [0.15, 0.2) is 11.5 Å². The lowest BCUT2D eigenvalue weighted by Gasteiger charge is -2.33. The van der Waals surface area contributed by atoms with E-state index in [9.17, 15) is 4.79 Å². The first kappa shape index (κ1) is 16.3. The third-order valence-electron chi connectivity index (χ3n) is 3.18. The molecule has 0 unspecified atom stereocenters. The quantitative estimate of drug-likeness (QED) is 0.879. The van der Waals surface area contributed by atoms with Crippen molar-refractivity contribution in [2.24, 2.45) is 5.41 Å². The highest BCUT2D eigenvalue weighted by Crippen LogP contribution is 2.27. The summed E-state index contributed by atoms with van der Waals surface area (Å²) in [5, 5.41) is 5.87. The lowest BCUT2D eigenvalue weighted by atomic mass is 9.82. The van der Waals surface area contributed by atoms with Crippen LogP contribution in [0.2, 0.25) is 0 Å². The van der Waals surface area contributed by atoms with Gasteiger partial charge in [-0.25, -0.2) is 9.78 Å². The maximum atomic E-state index is 12.2. The number of carbonyl (C=O) groups is 1. The van der Waals surface area contributed by atoms with Gasteiger partial charge < -0.3 is 15.1 Å². The number of oxazole rings is 1. The fraction of sp³-hybridized carbons (Fsp3) is 0.529. The molecule has 2 N–H and O–H groups in total. The first-order chi connectivity index (χ1) is 10.0. The van der Waals surface area contributed by atoms with Crippen LogP contribution in [0.25, 0.3) is 11.1 Å². The summed E-state index contributed by atoms with van der Waals surface area (Å²) in [6.45, 7) is 12.3. The fourth-order valence-corrected chi connectivity index (χ4v) is 2.96. The predicted octanol–water partition coefficient (Wildman–Crippen LogP) is 4.47. The van der Waals surface area contributed by atoms with Crippen LogP contribution in [-0.2, 0) is 0 Å². The molecule has 1 aromatic carbocycles. The molecule has 2 rings (SSSR count). The van der Waals surface area contributed by atoms with Gasteiger partial charge >= 0.3 is 6.03 Å². The molecule has 2 aromatic rings. The number of hydrogen-bond donors (Lipinski definition) is 2. The van der Waals surface area contributed by atoms with Gasteiger partial charge in [0, 0.05) is 18.2 Å². The van der Waals surface area contributed by atoms with E-state index in [-0.39, 0.29) is 17.0 Å². The molecule has 0 atom stereocenters. The van der Waals surface area contributed by atoms with Gasteiger partial charge in [-0.15, -0.1) is 0 Å². The molecule has 0 aliphatic carbocycles. The summed E-state index contributed by atoms with van der Waals surface area (Å²) in [6, 6.07) is 5.21. The monoisotopic (exact) mass is 303 g/mol. The Balaban J connectivity index is 2.04. The second kappa shape index (κ2) is 5.63. The minimum Gasteiger partial charge on any atom is -0.441 e. The van der Waals surface area contributed by atoms with E-state index in [1.54, 1.807) is 6.92 Å². The molecule has 1 aromatic heterocycles. The second-order valence-electron chi connectivity index (χ2n) is 7.62. The van der Waals surface area contributed by atoms with Crippen molar-refractivity contribution < 1.29 is 9.21 Å². The van der Waals surface area contributed by atoms with E-state index in [2.05, 4.69) is 36.4 Å². The van der Waals surface area contributed by atoms with Crippen LogP contribution in [0.4, 0.5) is 10.5 Å². The molecule has 0 saturated carbocycles. The Labute approximate surface area is 131 Å². The van der Waals surface area contributed by atoms with E-state index < -0.39 is 0 Å². The molecule has 2 amide bonds. The maximum absolute atomic E-state index is 12.2. The Morgan fingerprint density at radius 3 is 2.55 bits per heavy atom. The van der Waals surface area contributed by atoms with Crippen LogP contribution in [-0.4, -0.2) is 16.6 Å². The maximum Gasteiger partial charge on any atom is 0.319 e. The summed E-state index contributed by atoms with van der Waals surface area (Å²) in [7, 11) is 0. The number of aromatic nitrogens is 1. The number of nitrogens with zero attached hydrogens (tertiary/aromatic N) is 1. The lowest BCUT2D eigenvalue weighted by Crippen LogP contribution is -2.47. The molecule has 1 heterocycles. The number of fused-ring (bicyclic) bond motifs is 1. The van der Waals surface area contributed by atoms with Gasteiger partial charge in [-0.3, -0.25) is 0 Å². The Morgan fingerprint density at radius 2 is 1.91 bits per heavy atom. The van der Waals surface area contributed by atoms with Crippen molar-refractivity contribution in [3.63, 3.8) is 0 Å². The largest absolute Gasteiger partial charge is 0.441 e. The third kappa shape index (κ3) is 4.48. The molecule has 0 radical (unpaired) electrons. The van der Waals surface area contributed by atoms with Crippen molar-refractivity contribution in [3.8, 4) is 0 Å². The molecule has 0 fully saturated rings. The van der Waals surface area contributed by atoms with E-state index in [0.717, 1.165) is 17.5 Å². The molecular weight excluding hydrogens is 278 g/mol. The molecule has 0 aliphatic heterocycles. The van der Waals surface area contributed by atoms with Crippen molar-refractivity contribution in [3.05, 3.63) is 24.1 Å². The predicted molar refractivity (Wildman–Crippen MR) is 89.1 cm³/mol. The van der Waals surface area contributed by atoms with E-state index in [1.165, 1.54) is 0 Å². The van der Waals surface area contributed by atoms with E-state index in [1.807, 2.05) is 32.0 Å². The van der Waals surface area contributed by atoms with Crippen molar-refractivity contribution in [2.45, 2.75) is 53.5 Å². The van der Waals surface area contributed by atoms with E-state index >= 15 is 0 Å². The average Bonchev–Trinajstić information content (AvgIpc) is 2.63. The van der Waals surface area contributed by atoms with Crippen molar-refractivity contribution >= 4 is 22.8 Å². The molecular formula is C17H25N3O2. The number of rotatable bonds is 3. The zero-order valence-corrected chi connectivity index (χ0v) is 14.2.